The molecule has 1 aromatic rings. The smallest absolute Gasteiger partial charge is 0.287 e. The van der Waals surface area contributed by atoms with Gasteiger partial charge in [0, 0.05) is 6.04 Å². The number of allylic oxidation sites excluding steroid dienone is 1. The van der Waals surface area contributed by atoms with Crippen molar-refractivity contribution >= 4 is 17.5 Å². The van der Waals surface area contributed by atoms with Gasteiger partial charge in [0.2, 0.25) is 0 Å². The van der Waals surface area contributed by atoms with Crippen molar-refractivity contribution in [1.82, 2.24) is 5.32 Å². The van der Waals surface area contributed by atoms with E-state index in [1.165, 1.54) is 0 Å². The molecule has 1 atom stereocenters. The highest BCUT2D eigenvalue weighted by Gasteiger charge is 2.16. The summed E-state index contributed by atoms with van der Waals surface area (Å²) in [6.07, 6.45) is 7.11. The lowest BCUT2D eigenvalue weighted by Crippen LogP contribution is -2.35. The molecular weight excluding hydrogens is 214 g/mol. The van der Waals surface area contributed by atoms with Gasteiger partial charge in [0.1, 0.15) is 0 Å². The number of furan rings is 1. The van der Waals surface area contributed by atoms with Crippen molar-refractivity contribution in [2.24, 2.45) is 0 Å². The second-order valence-electron chi connectivity index (χ2n) is 3.56. The van der Waals surface area contributed by atoms with Crippen molar-refractivity contribution in [1.29, 1.82) is 0 Å². The topological polar surface area (TPSA) is 42.2 Å². The Morgan fingerprint density at radius 1 is 1.47 bits per heavy atom. The molecule has 4 heteroatoms. The number of hydrogen-bond acceptors (Lipinski definition) is 2. The molecule has 1 aromatic heterocycles. The highest BCUT2D eigenvalue weighted by atomic mass is 35.5. The molecule has 1 N–H and O–H groups in total. The van der Waals surface area contributed by atoms with Crippen LogP contribution < -0.4 is 5.32 Å². The minimum Gasteiger partial charge on any atom is -0.440 e. The third kappa shape index (κ3) is 2.63. The summed E-state index contributed by atoms with van der Waals surface area (Å²) in [5.41, 5.74) is 0. The SMILES string of the molecule is O=C(NC1CC=CCC1)c1ccc(Cl)o1. The van der Waals surface area contributed by atoms with E-state index in [1.54, 1.807) is 12.1 Å². The van der Waals surface area contributed by atoms with E-state index in [0.29, 0.717) is 0 Å². The average Bonchev–Trinajstić information content (AvgIpc) is 2.66. The maximum absolute atomic E-state index is 11.6. The molecule has 1 aliphatic rings. The summed E-state index contributed by atoms with van der Waals surface area (Å²) in [5.74, 6) is 0.0803. The van der Waals surface area contributed by atoms with Crippen LogP contribution in [0.2, 0.25) is 5.22 Å². The number of hydrogen-bond donors (Lipinski definition) is 1. The minimum atomic E-state index is -0.192. The lowest BCUT2D eigenvalue weighted by molar-refractivity contribution is 0.0907. The van der Waals surface area contributed by atoms with Crippen molar-refractivity contribution in [3.05, 3.63) is 35.3 Å². The van der Waals surface area contributed by atoms with E-state index in [2.05, 4.69) is 17.5 Å². The summed E-state index contributed by atoms with van der Waals surface area (Å²) in [4.78, 5) is 11.6. The minimum absolute atomic E-state index is 0.192. The first-order valence-corrected chi connectivity index (χ1v) is 5.35. The van der Waals surface area contributed by atoms with Gasteiger partial charge in [0.15, 0.2) is 11.0 Å². The molecule has 0 aromatic carbocycles. The van der Waals surface area contributed by atoms with Gasteiger partial charge in [-0.2, -0.15) is 0 Å². The molecule has 0 spiro atoms. The zero-order chi connectivity index (χ0) is 10.7. The molecule has 0 saturated heterocycles. The van der Waals surface area contributed by atoms with Gasteiger partial charge in [0.05, 0.1) is 0 Å². The first-order valence-electron chi connectivity index (χ1n) is 4.97. The average molecular weight is 226 g/mol. The molecule has 2 rings (SSSR count). The van der Waals surface area contributed by atoms with Crippen molar-refractivity contribution in [3.8, 4) is 0 Å². The molecule has 3 nitrogen and oxygen atoms in total. The Bertz CT molecular complexity index is 384. The Labute approximate surface area is 93.1 Å². The van der Waals surface area contributed by atoms with Crippen LogP contribution in [-0.2, 0) is 0 Å². The van der Waals surface area contributed by atoms with Crippen LogP contribution in [0.5, 0.6) is 0 Å². The van der Waals surface area contributed by atoms with Crippen LogP contribution in [0.15, 0.2) is 28.7 Å². The molecule has 80 valence electrons. The summed E-state index contributed by atoms with van der Waals surface area (Å²) in [6, 6.07) is 3.36. The molecule has 0 bridgehead atoms. The van der Waals surface area contributed by atoms with Crippen LogP contribution in [0.1, 0.15) is 29.8 Å². The van der Waals surface area contributed by atoms with E-state index in [-0.39, 0.29) is 22.9 Å². The van der Waals surface area contributed by atoms with Crippen LogP contribution in [0.3, 0.4) is 0 Å². The Morgan fingerprint density at radius 2 is 2.33 bits per heavy atom. The molecule has 0 fully saturated rings. The van der Waals surface area contributed by atoms with Gasteiger partial charge in [-0.05, 0) is 43.0 Å². The standard InChI is InChI=1S/C11H12ClNO2/c12-10-7-6-9(15-10)11(14)13-8-4-2-1-3-5-8/h1-2,6-8H,3-5H2,(H,13,14). The van der Waals surface area contributed by atoms with Gasteiger partial charge in [0.25, 0.3) is 5.91 Å². The first-order chi connectivity index (χ1) is 7.25. The van der Waals surface area contributed by atoms with E-state index in [1.807, 2.05) is 0 Å². The van der Waals surface area contributed by atoms with Crippen LogP contribution >= 0.6 is 11.6 Å². The summed E-state index contributed by atoms with van der Waals surface area (Å²) >= 11 is 5.59. The molecule has 1 amide bonds. The van der Waals surface area contributed by atoms with Gasteiger partial charge in [-0.3, -0.25) is 4.79 Å². The zero-order valence-corrected chi connectivity index (χ0v) is 8.96. The molecule has 1 heterocycles. The van der Waals surface area contributed by atoms with Crippen molar-refractivity contribution in [3.63, 3.8) is 0 Å². The molecule has 0 aliphatic heterocycles. The third-order valence-electron chi connectivity index (χ3n) is 2.40. The number of halogens is 1. The highest BCUT2D eigenvalue weighted by molar-refractivity contribution is 6.29. The van der Waals surface area contributed by atoms with Crippen molar-refractivity contribution in [2.75, 3.05) is 0 Å². The first kappa shape index (κ1) is 10.3. The fourth-order valence-electron chi connectivity index (χ4n) is 1.62. The van der Waals surface area contributed by atoms with E-state index in [9.17, 15) is 4.79 Å². The van der Waals surface area contributed by atoms with Crippen LogP contribution in [0.25, 0.3) is 0 Å². The monoisotopic (exact) mass is 225 g/mol. The predicted octanol–water partition coefficient (Wildman–Crippen LogP) is 2.77. The van der Waals surface area contributed by atoms with Gasteiger partial charge in [-0.1, -0.05) is 12.2 Å². The number of nitrogens with one attached hydrogen (secondary N) is 1. The molecular formula is C11H12ClNO2. The van der Waals surface area contributed by atoms with E-state index in [0.717, 1.165) is 19.3 Å². The number of carbonyl (C=O) groups excluding carboxylic acids is 1. The van der Waals surface area contributed by atoms with Crippen LogP contribution in [0, 0.1) is 0 Å². The van der Waals surface area contributed by atoms with E-state index >= 15 is 0 Å². The number of rotatable bonds is 2. The Hall–Kier alpha value is -1.22. The van der Waals surface area contributed by atoms with Crippen molar-refractivity contribution < 1.29 is 9.21 Å². The summed E-state index contributed by atoms with van der Waals surface area (Å²) in [7, 11) is 0. The third-order valence-corrected chi connectivity index (χ3v) is 2.60. The van der Waals surface area contributed by atoms with Gasteiger partial charge < -0.3 is 9.73 Å². The molecule has 1 aliphatic carbocycles. The summed E-state index contributed by atoms with van der Waals surface area (Å²) in [5, 5.41) is 3.15. The quantitative estimate of drug-likeness (QED) is 0.787. The van der Waals surface area contributed by atoms with Crippen molar-refractivity contribution in [2.45, 2.75) is 25.3 Å². The van der Waals surface area contributed by atoms with Gasteiger partial charge in [-0.15, -0.1) is 0 Å². The maximum atomic E-state index is 11.6. The second kappa shape index (κ2) is 4.53. The molecule has 15 heavy (non-hydrogen) atoms. The summed E-state index contributed by atoms with van der Waals surface area (Å²) < 4.78 is 5.02. The van der Waals surface area contributed by atoms with Crippen LogP contribution in [-0.4, -0.2) is 11.9 Å². The number of amides is 1. The van der Waals surface area contributed by atoms with Crippen LogP contribution in [0.4, 0.5) is 0 Å². The van der Waals surface area contributed by atoms with E-state index < -0.39 is 0 Å². The fraction of sp³-hybridized carbons (Fsp3) is 0.364. The fourth-order valence-corrected chi connectivity index (χ4v) is 1.76. The predicted molar refractivity (Wildman–Crippen MR) is 58.0 cm³/mol. The lowest BCUT2D eigenvalue weighted by Gasteiger charge is -2.18. The molecule has 0 radical (unpaired) electrons. The molecule has 1 unspecified atom stereocenters. The zero-order valence-electron chi connectivity index (χ0n) is 8.20. The highest BCUT2D eigenvalue weighted by Crippen LogP contribution is 2.15. The molecule has 0 saturated carbocycles. The van der Waals surface area contributed by atoms with Gasteiger partial charge >= 0.3 is 0 Å². The van der Waals surface area contributed by atoms with Gasteiger partial charge in [-0.25, -0.2) is 0 Å². The Morgan fingerprint density at radius 3 is 2.93 bits per heavy atom. The second-order valence-corrected chi connectivity index (χ2v) is 3.93. The Kier molecular flexibility index (Phi) is 3.11. The Balaban J connectivity index is 1.94. The maximum Gasteiger partial charge on any atom is 0.287 e. The lowest BCUT2D eigenvalue weighted by atomic mass is 10.0. The number of carbonyl (C=O) groups is 1. The summed E-state index contributed by atoms with van der Waals surface area (Å²) in [6.45, 7) is 0. The van der Waals surface area contributed by atoms with E-state index in [4.69, 9.17) is 16.0 Å². The normalized spacial score (nSPS) is 20.2. The largest absolute Gasteiger partial charge is 0.440 e.